The highest BCUT2D eigenvalue weighted by Gasteiger charge is 2.08. The number of rotatable bonds is 6. The monoisotopic (exact) mass is 355 g/mol. The third-order valence-electron chi connectivity index (χ3n) is 4.73. The molecule has 1 N–H and O–H groups in total. The van der Waals surface area contributed by atoms with Crippen molar-refractivity contribution in [1.82, 2.24) is 4.98 Å². The molecule has 0 unspecified atom stereocenters. The summed E-state index contributed by atoms with van der Waals surface area (Å²) in [4.78, 5) is 15.3. The molecule has 0 fully saturated rings. The molecule has 27 heavy (non-hydrogen) atoms. The summed E-state index contributed by atoms with van der Waals surface area (Å²) in [6, 6.07) is 26.5. The van der Waals surface area contributed by atoms with Crippen molar-refractivity contribution >= 4 is 16.9 Å². The number of benzene rings is 3. The Morgan fingerprint density at radius 3 is 2.33 bits per heavy atom. The average molecular weight is 355 g/mol. The smallest absolute Gasteiger partial charge is 0.306 e. The maximum Gasteiger partial charge on any atom is 0.306 e. The van der Waals surface area contributed by atoms with Crippen molar-refractivity contribution in [3.05, 3.63) is 96.2 Å². The van der Waals surface area contributed by atoms with E-state index >= 15 is 0 Å². The van der Waals surface area contributed by atoms with Crippen LogP contribution in [0.1, 0.15) is 17.5 Å². The second-order valence-corrected chi connectivity index (χ2v) is 6.58. The molecule has 4 aromatic rings. The quantitative estimate of drug-likeness (QED) is 0.463. The molecule has 0 bridgehead atoms. The largest absolute Gasteiger partial charge is 0.461 e. The van der Waals surface area contributed by atoms with Gasteiger partial charge in [-0.15, -0.1) is 0 Å². The van der Waals surface area contributed by atoms with Gasteiger partial charge in [-0.2, -0.15) is 0 Å². The first-order chi connectivity index (χ1) is 13.3. The highest BCUT2D eigenvalue weighted by molar-refractivity contribution is 5.83. The normalized spacial score (nSPS) is 10.8. The van der Waals surface area contributed by atoms with E-state index in [1.165, 1.54) is 10.9 Å². The molecule has 0 aliphatic carbocycles. The van der Waals surface area contributed by atoms with Crippen LogP contribution in [0.25, 0.3) is 22.0 Å². The highest BCUT2D eigenvalue weighted by atomic mass is 16.5. The molecule has 0 aliphatic heterocycles. The van der Waals surface area contributed by atoms with Gasteiger partial charge in [0.05, 0.1) is 0 Å². The van der Waals surface area contributed by atoms with Crippen molar-refractivity contribution in [3.8, 4) is 11.1 Å². The minimum Gasteiger partial charge on any atom is -0.461 e. The first-order valence-electron chi connectivity index (χ1n) is 9.14. The van der Waals surface area contributed by atoms with Gasteiger partial charge in [-0.05, 0) is 34.7 Å². The van der Waals surface area contributed by atoms with E-state index in [1.807, 2.05) is 54.7 Å². The summed E-state index contributed by atoms with van der Waals surface area (Å²) in [5.41, 5.74) is 5.58. The lowest BCUT2D eigenvalue weighted by Crippen LogP contribution is -2.05. The second kappa shape index (κ2) is 7.92. The lowest BCUT2D eigenvalue weighted by molar-refractivity contribution is -0.144. The van der Waals surface area contributed by atoms with Crippen LogP contribution in [0.2, 0.25) is 0 Å². The molecule has 0 spiro atoms. The summed E-state index contributed by atoms with van der Waals surface area (Å²) in [5, 5.41) is 1.17. The van der Waals surface area contributed by atoms with Gasteiger partial charge in [0.1, 0.15) is 6.61 Å². The van der Waals surface area contributed by atoms with E-state index in [2.05, 4.69) is 35.3 Å². The Bertz CT molecular complexity index is 1030. The van der Waals surface area contributed by atoms with Gasteiger partial charge in [0, 0.05) is 23.5 Å². The Morgan fingerprint density at radius 2 is 1.52 bits per heavy atom. The van der Waals surface area contributed by atoms with Crippen LogP contribution in [-0.4, -0.2) is 11.0 Å². The van der Waals surface area contributed by atoms with Crippen molar-refractivity contribution in [3.63, 3.8) is 0 Å². The molecule has 134 valence electrons. The topological polar surface area (TPSA) is 42.1 Å². The van der Waals surface area contributed by atoms with Gasteiger partial charge in [0.2, 0.25) is 0 Å². The fourth-order valence-corrected chi connectivity index (χ4v) is 3.24. The van der Waals surface area contributed by atoms with E-state index in [-0.39, 0.29) is 5.97 Å². The van der Waals surface area contributed by atoms with E-state index in [1.54, 1.807) is 0 Å². The van der Waals surface area contributed by atoms with Crippen LogP contribution in [0.4, 0.5) is 0 Å². The lowest BCUT2D eigenvalue weighted by atomic mass is 10.0. The summed E-state index contributed by atoms with van der Waals surface area (Å²) in [6.45, 7) is 0.307. The molecule has 4 rings (SSSR count). The maximum atomic E-state index is 12.1. The van der Waals surface area contributed by atoms with E-state index in [0.717, 1.165) is 22.2 Å². The number of H-pyrrole nitrogens is 1. The minimum atomic E-state index is -0.174. The number of nitrogens with one attached hydrogen (secondary N) is 1. The summed E-state index contributed by atoms with van der Waals surface area (Å²) < 4.78 is 5.43. The fraction of sp³-hybridized carbons (Fsp3) is 0.125. The Morgan fingerprint density at radius 1 is 0.815 bits per heavy atom. The van der Waals surface area contributed by atoms with Gasteiger partial charge in [-0.3, -0.25) is 4.79 Å². The number of carbonyl (C=O) groups is 1. The molecule has 0 radical (unpaired) electrons. The van der Waals surface area contributed by atoms with Crippen LogP contribution in [0, 0.1) is 0 Å². The average Bonchev–Trinajstić information content (AvgIpc) is 3.15. The van der Waals surface area contributed by atoms with E-state index in [0.29, 0.717) is 19.4 Å². The molecule has 0 saturated heterocycles. The number of para-hydroxylation sites is 1. The number of esters is 1. The number of carbonyl (C=O) groups excluding carboxylic acids is 1. The van der Waals surface area contributed by atoms with Crippen LogP contribution < -0.4 is 0 Å². The van der Waals surface area contributed by atoms with E-state index in [4.69, 9.17) is 4.74 Å². The summed E-state index contributed by atoms with van der Waals surface area (Å²) in [5.74, 6) is -0.174. The minimum absolute atomic E-state index is 0.174. The highest BCUT2D eigenvalue weighted by Crippen LogP contribution is 2.21. The first-order valence-corrected chi connectivity index (χ1v) is 9.14. The summed E-state index contributed by atoms with van der Waals surface area (Å²) in [6.07, 6.45) is 3.03. The molecule has 3 aromatic carbocycles. The summed E-state index contributed by atoms with van der Waals surface area (Å²) >= 11 is 0. The van der Waals surface area contributed by atoms with Crippen LogP contribution >= 0.6 is 0 Å². The number of hydrogen-bond acceptors (Lipinski definition) is 2. The summed E-state index contributed by atoms with van der Waals surface area (Å²) in [7, 11) is 0. The van der Waals surface area contributed by atoms with Crippen LogP contribution in [0.15, 0.2) is 85.1 Å². The van der Waals surface area contributed by atoms with Gasteiger partial charge in [-0.25, -0.2) is 0 Å². The standard InChI is InChI=1S/C24H21NO2/c26-24(15-14-21-16-25-23-9-5-4-8-22(21)23)27-17-18-10-12-20(13-11-18)19-6-2-1-3-7-19/h1-13,16,25H,14-15,17H2. The molecule has 1 aromatic heterocycles. The second-order valence-electron chi connectivity index (χ2n) is 6.58. The Kier molecular flexibility index (Phi) is 5.01. The van der Waals surface area contributed by atoms with Crippen LogP contribution in [0.5, 0.6) is 0 Å². The zero-order valence-electron chi connectivity index (χ0n) is 15.0. The van der Waals surface area contributed by atoms with Gasteiger partial charge < -0.3 is 9.72 Å². The van der Waals surface area contributed by atoms with Crippen molar-refractivity contribution in [2.24, 2.45) is 0 Å². The Hall–Kier alpha value is -3.33. The predicted octanol–water partition coefficient (Wildman–Crippen LogP) is 5.51. The van der Waals surface area contributed by atoms with Gasteiger partial charge in [0.25, 0.3) is 0 Å². The molecule has 0 atom stereocenters. The molecule has 1 heterocycles. The zero-order valence-corrected chi connectivity index (χ0v) is 15.0. The molecule has 3 nitrogen and oxygen atoms in total. The van der Waals surface area contributed by atoms with Crippen molar-refractivity contribution in [2.75, 3.05) is 0 Å². The molecular formula is C24H21NO2. The molecule has 3 heteroatoms. The predicted molar refractivity (Wildman–Crippen MR) is 108 cm³/mol. The fourth-order valence-electron chi connectivity index (χ4n) is 3.24. The number of aromatic nitrogens is 1. The number of fused-ring (bicyclic) bond motifs is 1. The third kappa shape index (κ3) is 4.09. The van der Waals surface area contributed by atoms with Gasteiger partial charge in [0.15, 0.2) is 0 Å². The Labute approximate surface area is 158 Å². The van der Waals surface area contributed by atoms with E-state index < -0.39 is 0 Å². The molecule has 0 saturated carbocycles. The van der Waals surface area contributed by atoms with E-state index in [9.17, 15) is 4.79 Å². The molecule has 0 amide bonds. The maximum absolute atomic E-state index is 12.1. The van der Waals surface area contributed by atoms with Gasteiger partial charge in [-0.1, -0.05) is 72.8 Å². The van der Waals surface area contributed by atoms with Crippen LogP contribution in [-0.2, 0) is 22.6 Å². The zero-order chi connectivity index (χ0) is 18.5. The Balaban J connectivity index is 1.30. The molecular weight excluding hydrogens is 334 g/mol. The number of aromatic amines is 1. The first kappa shape index (κ1) is 17.1. The lowest BCUT2D eigenvalue weighted by Gasteiger charge is -2.06. The van der Waals surface area contributed by atoms with Crippen molar-refractivity contribution in [2.45, 2.75) is 19.4 Å². The van der Waals surface area contributed by atoms with Gasteiger partial charge >= 0.3 is 5.97 Å². The number of aryl methyl sites for hydroxylation is 1. The van der Waals surface area contributed by atoms with Crippen molar-refractivity contribution in [1.29, 1.82) is 0 Å². The number of hydrogen-bond donors (Lipinski definition) is 1. The SMILES string of the molecule is O=C(CCc1c[nH]c2ccccc12)OCc1ccc(-c2ccccc2)cc1. The van der Waals surface area contributed by atoms with Crippen molar-refractivity contribution < 1.29 is 9.53 Å². The molecule has 0 aliphatic rings. The van der Waals surface area contributed by atoms with Crippen LogP contribution in [0.3, 0.4) is 0 Å². The third-order valence-corrected chi connectivity index (χ3v) is 4.73. The number of ether oxygens (including phenoxy) is 1.